The van der Waals surface area contributed by atoms with Crippen LogP contribution in [0.1, 0.15) is 40.5 Å². The van der Waals surface area contributed by atoms with Gasteiger partial charge in [-0.15, -0.1) is 10.2 Å². The molecule has 4 nitrogen and oxygen atoms in total. The van der Waals surface area contributed by atoms with Gasteiger partial charge in [-0.1, -0.05) is 78.5 Å². The van der Waals surface area contributed by atoms with Crippen LogP contribution in [-0.2, 0) is 6.54 Å². The molecule has 0 saturated heterocycles. The van der Waals surface area contributed by atoms with Gasteiger partial charge < -0.3 is 4.57 Å². The standard InChI is InChI=1S/C24H21N3OS/c28-22(21-13-10-18-8-4-5-9-20(18)14-21)16-29-24-26-25-23(19-11-12-19)27(24)15-17-6-2-1-3-7-17/h1-10,13-14,19H,11-12,15-16H2. The summed E-state index contributed by atoms with van der Waals surface area (Å²) in [6.45, 7) is 0.742. The van der Waals surface area contributed by atoms with E-state index in [1.807, 2.05) is 54.6 Å². The van der Waals surface area contributed by atoms with Gasteiger partial charge in [0, 0.05) is 11.5 Å². The summed E-state index contributed by atoms with van der Waals surface area (Å²) in [5.74, 6) is 2.03. The van der Waals surface area contributed by atoms with Crippen molar-refractivity contribution in [1.82, 2.24) is 14.8 Å². The molecule has 0 bridgehead atoms. The lowest BCUT2D eigenvalue weighted by molar-refractivity contribution is 0.102. The molecule has 0 atom stereocenters. The van der Waals surface area contributed by atoms with Crippen molar-refractivity contribution in [3.05, 3.63) is 89.7 Å². The maximum absolute atomic E-state index is 12.8. The molecule has 0 radical (unpaired) electrons. The number of thioether (sulfide) groups is 1. The fourth-order valence-corrected chi connectivity index (χ4v) is 4.38. The van der Waals surface area contributed by atoms with E-state index in [1.165, 1.54) is 30.2 Å². The van der Waals surface area contributed by atoms with E-state index in [-0.39, 0.29) is 5.78 Å². The van der Waals surface area contributed by atoms with E-state index in [2.05, 4.69) is 33.0 Å². The molecule has 1 saturated carbocycles. The predicted molar refractivity (Wildman–Crippen MR) is 117 cm³/mol. The molecule has 0 spiro atoms. The molecule has 0 amide bonds. The maximum atomic E-state index is 12.8. The molecule has 1 aromatic heterocycles. The van der Waals surface area contributed by atoms with Crippen LogP contribution >= 0.6 is 11.8 Å². The number of carbonyl (C=O) groups is 1. The summed E-state index contributed by atoms with van der Waals surface area (Å²) < 4.78 is 2.19. The first kappa shape index (κ1) is 18.1. The molecule has 0 aliphatic heterocycles. The molecule has 1 heterocycles. The fourth-order valence-electron chi connectivity index (χ4n) is 3.54. The third kappa shape index (κ3) is 3.96. The molecule has 0 N–H and O–H groups in total. The Hall–Kier alpha value is -2.92. The van der Waals surface area contributed by atoms with E-state index in [9.17, 15) is 4.79 Å². The van der Waals surface area contributed by atoms with Gasteiger partial charge >= 0.3 is 0 Å². The zero-order valence-corrected chi connectivity index (χ0v) is 16.8. The quantitative estimate of drug-likeness (QED) is 0.311. The van der Waals surface area contributed by atoms with E-state index in [4.69, 9.17) is 0 Å². The lowest BCUT2D eigenvalue weighted by Crippen LogP contribution is -2.08. The number of nitrogens with zero attached hydrogens (tertiary/aromatic N) is 3. The minimum atomic E-state index is 0.114. The Labute approximate surface area is 174 Å². The fraction of sp³-hybridized carbons (Fsp3) is 0.208. The van der Waals surface area contributed by atoms with Crippen LogP contribution < -0.4 is 0 Å². The number of Topliss-reactive ketones (excluding diaryl/α,β-unsaturated/α-hetero) is 1. The van der Waals surface area contributed by atoms with Gasteiger partial charge in [0.25, 0.3) is 0 Å². The molecule has 0 unspecified atom stereocenters. The van der Waals surface area contributed by atoms with Gasteiger partial charge in [-0.3, -0.25) is 4.79 Å². The Kier molecular flexibility index (Phi) is 4.90. The second-order valence-electron chi connectivity index (χ2n) is 7.46. The lowest BCUT2D eigenvalue weighted by atomic mass is 10.1. The molecule has 1 fully saturated rings. The van der Waals surface area contributed by atoms with Crippen LogP contribution in [0.3, 0.4) is 0 Å². The second kappa shape index (κ2) is 7.84. The van der Waals surface area contributed by atoms with Gasteiger partial charge in [-0.05, 0) is 35.2 Å². The Bertz CT molecular complexity index is 1170. The van der Waals surface area contributed by atoms with Crippen LogP contribution in [0.2, 0.25) is 0 Å². The highest BCUT2D eigenvalue weighted by molar-refractivity contribution is 7.99. The molecular formula is C24H21N3OS. The average Bonchev–Trinajstić information content (AvgIpc) is 3.54. The first-order valence-electron chi connectivity index (χ1n) is 9.90. The van der Waals surface area contributed by atoms with Crippen molar-refractivity contribution in [2.45, 2.75) is 30.5 Å². The Morgan fingerprint density at radius 1 is 0.931 bits per heavy atom. The minimum absolute atomic E-state index is 0.114. The summed E-state index contributed by atoms with van der Waals surface area (Å²) in [5, 5.41) is 11.9. The third-order valence-corrected chi connectivity index (χ3v) is 6.24. The van der Waals surface area contributed by atoms with E-state index in [0.717, 1.165) is 33.9 Å². The summed E-state index contributed by atoms with van der Waals surface area (Å²) in [6, 6.07) is 24.4. The number of benzene rings is 3. The van der Waals surface area contributed by atoms with Crippen molar-refractivity contribution >= 4 is 28.3 Å². The Balaban J connectivity index is 1.35. The zero-order chi connectivity index (χ0) is 19.6. The van der Waals surface area contributed by atoms with Crippen molar-refractivity contribution < 1.29 is 4.79 Å². The van der Waals surface area contributed by atoms with E-state index >= 15 is 0 Å². The van der Waals surface area contributed by atoms with Gasteiger partial charge in [0.15, 0.2) is 10.9 Å². The van der Waals surface area contributed by atoms with Crippen LogP contribution in [0.15, 0.2) is 78.0 Å². The smallest absolute Gasteiger partial charge is 0.191 e. The van der Waals surface area contributed by atoms with Crippen LogP contribution in [0, 0.1) is 0 Å². The number of ketones is 1. The lowest BCUT2D eigenvalue weighted by Gasteiger charge is -2.10. The van der Waals surface area contributed by atoms with Gasteiger partial charge in [0.1, 0.15) is 5.82 Å². The summed E-state index contributed by atoms with van der Waals surface area (Å²) in [6.07, 6.45) is 2.35. The molecule has 1 aliphatic rings. The molecule has 144 valence electrons. The SMILES string of the molecule is O=C(CSc1nnc(C2CC2)n1Cc1ccccc1)c1ccc2ccccc2c1. The third-order valence-electron chi connectivity index (χ3n) is 5.28. The minimum Gasteiger partial charge on any atom is -0.301 e. The molecule has 5 rings (SSSR count). The van der Waals surface area contributed by atoms with E-state index in [1.54, 1.807) is 0 Å². The van der Waals surface area contributed by atoms with Gasteiger partial charge in [-0.2, -0.15) is 0 Å². The monoisotopic (exact) mass is 399 g/mol. The number of hydrogen-bond acceptors (Lipinski definition) is 4. The number of fused-ring (bicyclic) bond motifs is 1. The maximum Gasteiger partial charge on any atom is 0.191 e. The zero-order valence-electron chi connectivity index (χ0n) is 16.0. The van der Waals surface area contributed by atoms with E-state index < -0.39 is 0 Å². The van der Waals surface area contributed by atoms with Crippen LogP contribution in [-0.4, -0.2) is 26.3 Å². The second-order valence-corrected chi connectivity index (χ2v) is 8.40. The van der Waals surface area contributed by atoms with Crippen molar-refractivity contribution in [3.63, 3.8) is 0 Å². The van der Waals surface area contributed by atoms with E-state index in [0.29, 0.717) is 11.7 Å². The van der Waals surface area contributed by atoms with Gasteiger partial charge in [-0.25, -0.2) is 0 Å². The van der Waals surface area contributed by atoms with Crippen molar-refractivity contribution in [2.24, 2.45) is 0 Å². The largest absolute Gasteiger partial charge is 0.301 e. The normalized spacial score (nSPS) is 13.7. The number of rotatable bonds is 7. The number of carbonyl (C=O) groups excluding carboxylic acids is 1. The highest BCUT2D eigenvalue weighted by Crippen LogP contribution is 2.40. The number of aromatic nitrogens is 3. The van der Waals surface area contributed by atoms with Crippen molar-refractivity contribution in [3.8, 4) is 0 Å². The van der Waals surface area contributed by atoms with Crippen molar-refractivity contribution in [1.29, 1.82) is 0 Å². The first-order valence-corrected chi connectivity index (χ1v) is 10.9. The summed E-state index contributed by atoms with van der Waals surface area (Å²) >= 11 is 1.48. The first-order chi connectivity index (χ1) is 14.3. The Morgan fingerprint density at radius 3 is 2.48 bits per heavy atom. The molecule has 29 heavy (non-hydrogen) atoms. The molecule has 4 aromatic rings. The highest BCUT2D eigenvalue weighted by atomic mass is 32.2. The Morgan fingerprint density at radius 2 is 1.69 bits per heavy atom. The van der Waals surface area contributed by atoms with Gasteiger partial charge in [0.2, 0.25) is 0 Å². The topological polar surface area (TPSA) is 47.8 Å². The highest BCUT2D eigenvalue weighted by Gasteiger charge is 2.30. The molecule has 5 heteroatoms. The van der Waals surface area contributed by atoms with Crippen molar-refractivity contribution in [2.75, 3.05) is 5.75 Å². The molecule has 3 aromatic carbocycles. The summed E-state index contributed by atoms with van der Waals surface area (Å²) in [4.78, 5) is 12.8. The summed E-state index contributed by atoms with van der Waals surface area (Å²) in [7, 11) is 0. The average molecular weight is 400 g/mol. The molecule has 1 aliphatic carbocycles. The van der Waals surface area contributed by atoms with Crippen LogP contribution in [0.25, 0.3) is 10.8 Å². The van der Waals surface area contributed by atoms with Crippen LogP contribution in [0.4, 0.5) is 0 Å². The molecular weight excluding hydrogens is 378 g/mol. The number of hydrogen-bond donors (Lipinski definition) is 0. The predicted octanol–water partition coefficient (Wildman–Crippen LogP) is 5.33. The van der Waals surface area contributed by atoms with Gasteiger partial charge in [0.05, 0.1) is 12.3 Å². The summed E-state index contributed by atoms with van der Waals surface area (Å²) in [5.41, 5.74) is 1.96. The van der Waals surface area contributed by atoms with Crippen LogP contribution in [0.5, 0.6) is 0 Å².